The van der Waals surface area contributed by atoms with Crippen LogP contribution >= 0.6 is 0 Å². The number of methoxy groups -OCH3 is 2. The molecule has 0 bridgehead atoms. The van der Waals surface area contributed by atoms with Gasteiger partial charge in [-0.1, -0.05) is 12.1 Å². The Balaban J connectivity index is 1.80. The van der Waals surface area contributed by atoms with Gasteiger partial charge in [0.2, 0.25) is 0 Å². The third-order valence-corrected chi connectivity index (χ3v) is 4.54. The number of benzene rings is 2. The molecule has 0 unspecified atom stereocenters. The molecular weight excluding hydrogens is 354 g/mol. The molecule has 28 heavy (non-hydrogen) atoms. The molecule has 0 atom stereocenters. The van der Waals surface area contributed by atoms with E-state index in [0.29, 0.717) is 22.7 Å². The van der Waals surface area contributed by atoms with Crippen molar-refractivity contribution in [2.24, 2.45) is 0 Å². The number of hydrogen-bond donors (Lipinski definition) is 2. The summed E-state index contributed by atoms with van der Waals surface area (Å²) < 4.78 is 10.6. The minimum Gasteiger partial charge on any atom is -0.497 e. The van der Waals surface area contributed by atoms with Gasteiger partial charge >= 0.3 is 0 Å². The van der Waals surface area contributed by atoms with Crippen LogP contribution in [0.5, 0.6) is 11.5 Å². The van der Waals surface area contributed by atoms with E-state index < -0.39 is 0 Å². The van der Waals surface area contributed by atoms with Crippen LogP contribution in [0.25, 0.3) is 0 Å². The second-order valence-electron chi connectivity index (χ2n) is 6.36. The van der Waals surface area contributed by atoms with E-state index in [2.05, 4.69) is 15.6 Å². The molecule has 2 N–H and O–H groups in total. The Labute approximate surface area is 164 Å². The number of aromatic nitrogens is 1. The van der Waals surface area contributed by atoms with Gasteiger partial charge in [0, 0.05) is 18.0 Å². The number of anilines is 3. The van der Waals surface area contributed by atoms with Crippen LogP contribution in [-0.2, 0) is 0 Å². The maximum atomic E-state index is 12.7. The van der Waals surface area contributed by atoms with Crippen molar-refractivity contribution < 1.29 is 14.3 Å². The van der Waals surface area contributed by atoms with E-state index in [-0.39, 0.29) is 5.91 Å². The molecule has 1 amide bonds. The van der Waals surface area contributed by atoms with Crippen LogP contribution in [-0.4, -0.2) is 25.1 Å². The third-order valence-electron chi connectivity index (χ3n) is 4.54. The predicted molar refractivity (Wildman–Crippen MR) is 111 cm³/mol. The average molecular weight is 377 g/mol. The lowest BCUT2D eigenvalue weighted by molar-refractivity contribution is 0.102. The third kappa shape index (κ3) is 4.23. The van der Waals surface area contributed by atoms with Crippen LogP contribution in [0.15, 0.2) is 54.9 Å². The number of pyridine rings is 1. The van der Waals surface area contributed by atoms with Gasteiger partial charge < -0.3 is 20.1 Å². The topological polar surface area (TPSA) is 72.5 Å². The van der Waals surface area contributed by atoms with E-state index in [1.165, 1.54) is 6.20 Å². The standard InChI is InChI=1S/C22H23N3O3/c1-14-6-5-7-19(15(14)2)25-22(26)16-10-17(13-23-12-16)24-20-9-8-18(27-3)11-21(20)28-4/h5-13,24H,1-4H3,(H,25,26). The van der Waals surface area contributed by atoms with E-state index in [0.717, 1.165) is 22.5 Å². The molecule has 0 aliphatic carbocycles. The first kappa shape index (κ1) is 19.2. The summed E-state index contributed by atoms with van der Waals surface area (Å²) in [5.74, 6) is 1.11. The zero-order chi connectivity index (χ0) is 20.1. The van der Waals surface area contributed by atoms with Crippen LogP contribution in [0.3, 0.4) is 0 Å². The summed E-state index contributed by atoms with van der Waals surface area (Å²) in [6.07, 6.45) is 3.19. The van der Waals surface area contributed by atoms with E-state index in [4.69, 9.17) is 9.47 Å². The van der Waals surface area contributed by atoms with Gasteiger partial charge in [0.15, 0.2) is 0 Å². The number of ether oxygens (including phenoxy) is 2. The zero-order valence-electron chi connectivity index (χ0n) is 16.4. The number of carbonyl (C=O) groups is 1. The summed E-state index contributed by atoms with van der Waals surface area (Å²) in [5.41, 5.74) is 4.84. The molecule has 1 aromatic heterocycles. The van der Waals surface area contributed by atoms with Gasteiger partial charge in [-0.3, -0.25) is 9.78 Å². The monoisotopic (exact) mass is 377 g/mol. The van der Waals surface area contributed by atoms with E-state index in [1.807, 2.05) is 44.2 Å². The Morgan fingerprint density at radius 3 is 2.54 bits per heavy atom. The summed E-state index contributed by atoms with van der Waals surface area (Å²) in [6.45, 7) is 4.00. The summed E-state index contributed by atoms with van der Waals surface area (Å²) in [5, 5.41) is 6.18. The Kier molecular flexibility index (Phi) is 5.79. The molecule has 0 aliphatic rings. The Morgan fingerprint density at radius 2 is 1.79 bits per heavy atom. The molecule has 0 spiro atoms. The number of rotatable bonds is 6. The van der Waals surface area contributed by atoms with E-state index in [1.54, 1.807) is 32.5 Å². The summed E-state index contributed by atoms with van der Waals surface area (Å²) >= 11 is 0. The van der Waals surface area contributed by atoms with Crippen LogP contribution < -0.4 is 20.1 Å². The Morgan fingerprint density at radius 1 is 0.964 bits per heavy atom. The molecule has 1 heterocycles. The van der Waals surface area contributed by atoms with Crippen molar-refractivity contribution >= 4 is 23.0 Å². The molecular formula is C22H23N3O3. The molecule has 6 nitrogen and oxygen atoms in total. The predicted octanol–water partition coefficient (Wildman–Crippen LogP) is 4.71. The van der Waals surface area contributed by atoms with Crippen LogP contribution in [0.2, 0.25) is 0 Å². The van der Waals surface area contributed by atoms with Crippen molar-refractivity contribution in [1.29, 1.82) is 0 Å². The minimum absolute atomic E-state index is 0.216. The van der Waals surface area contributed by atoms with Gasteiger partial charge in [0.1, 0.15) is 11.5 Å². The SMILES string of the molecule is COc1ccc(Nc2cncc(C(=O)Nc3cccc(C)c3C)c2)c(OC)c1. The quantitative estimate of drug-likeness (QED) is 0.651. The summed E-state index contributed by atoms with van der Waals surface area (Å²) in [4.78, 5) is 16.9. The number of carbonyl (C=O) groups excluding carboxylic acids is 1. The smallest absolute Gasteiger partial charge is 0.257 e. The van der Waals surface area contributed by atoms with Crippen LogP contribution in [0.4, 0.5) is 17.1 Å². The molecule has 0 radical (unpaired) electrons. The van der Waals surface area contributed by atoms with Crippen molar-refractivity contribution in [2.75, 3.05) is 24.9 Å². The molecule has 2 aromatic carbocycles. The molecule has 144 valence electrons. The maximum Gasteiger partial charge on any atom is 0.257 e. The van der Waals surface area contributed by atoms with Crippen molar-refractivity contribution in [1.82, 2.24) is 4.98 Å². The second-order valence-corrected chi connectivity index (χ2v) is 6.36. The van der Waals surface area contributed by atoms with Gasteiger partial charge in [-0.2, -0.15) is 0 Å². The highest BCUT2D eigenvalue weighted by Crippen LogP contribution is 2.31. The lowest BCUT2D eigenvalue weighted by atomic mass is 10.1. The van der Waals surface area contributed by atoms with Gasteiger partial charge in [-0.15, -0.1) is 0 Å². The van der Waals surface area contributed by atoms with Crippen molar-refractivity contribution in [2.45, 2.75) is 13.8 Å². The van der Waals surface area contributed by atoms with Crippen molar-refractivity contribution in [3.05, 3.63) is 71.5 Å². The largest absolute Gasteiger partial charge is 0.497 e. The second kappa shape index (κ2) is 8.43. The first-order valence-corrected chi connectivity index (χ1v) is 8.83. The van der Waals surface area contributed by atoms with Crippen LogP contribution in [0, 0.1) is 13.8 Å². The highest BCUT2D eigenvalue weighted by molar-refractivity contribution is 6.05. The summed E-state index contributed by atoms with van der Waals surface area (Å²) in [6, 6.07) is 13.0. The average Bonchev–Trinajstić information content (AvgIpc) is 2.72. The molecule has 6 heteroatoms. The number of aryl methyl sites for hydroxylation is 1. The van der Waals surface area contributed by atoms with Crippen molar-refractivity contribution in [3.63, 3.8) is 0 Å². The molecule has 0 aliphatic heterocycles. The number of nitrogens with zero attached hydrogens (tertiary/aromatic N) is 1. The fraction of sp³-hybridized carbons (Fsp3) is 0.182. The normalized spacial score (nSPS) is 10.3. The van der Waals surface area contributed by atoms with Gasteiger partial charge in [-0.25, -0.2) is 0 Å². The molecule has 0 fully saturated rings. The van der Waals surface area contributed by atoms with Gasteiger partial charge in [0.25, 0.3) is 5.91 Å². The van der Waals surface area contributed by atoms with Gasteiger partial charge in [-0.05, 0) is 49.2 Å². The first-order chi connectivity index (χ1) is 13.5. The fourth-order valence-corrected chi connectivity index (χ4v) is 2.77. The highest BCUT2D eigenvalue weighted by Gasteiger charge is 2.11. The lowest BCUT2D eigenvalue weighted by Crippen LogP contribution is -2.13. The maximum absolute atomic E-state index is 12.7. The van der Waals surface area contributed by atoms with E-state index >= 15 is 0 Å². The van der Waals surface area contributed by atoms with Crippen molar-refractivity contribution in [3.8, 4) is 11.5 Å². The molecule has 3 rings (SSSR count). The Bertz CT molecular complexity index is 1000. The number of hydrogen-bond acceptors (Lipinski definition) is 5. The lowest BCUT2D eigenvalue weighted by Gasteiger charge is -2.13. The fourth-order valence-electron chi connectivity index (χ4n) is 2.77. The zero-order valence-corrected chi connectivity index (χ0v) is 16.4. The first-order valence-electron chi connectivity index (χ1n) is 8.83. The molecule has 0 saturated carbocycles. The number of amides is 1. The molecule has 0 saturated heterocycles. The minimum atomic E-state index is -0.216. The summed E-state index contributed by atoms with van der Waals surface area (Å²) in [7, 11) is 3.19. The Hall–Kier alpha value is -3.54. The number of nitrogens with one attached hydrogen (secondary N) is 2. The highest BCUT2D eigenvalue weighted by atomic mass is 16.5. The van der Waals surface area contributed by atoms with Crippen LogP contribution in [0.1, 0.15) is 21.5 Å². The van der Waals surface area contributed by atoms with Gasteiger partial charge in [0.05, 0.1) is 37.4 Å². The molecule has 3 aromatic rings. The van der Waals surface area contributed by atoms with E-state index in [9.17, 15) is 4.79 Å².